The molecule has 29 heteroatoms. The van der Waals surface area contributed by atoms with Crippen LogP contribution >= 0.6 is 31.3 Å². The number of aromatic amines is 1. The van der Waals surface area contributed by atoms with Crippen molar-refractivity contribution < 1.29 is 99.9 Å². The predicted octanol–water partition coefficient (Wildman–Crippen LogP) is -4.56. The first-order chi connectivity index (χ1) is 20.1. The highest BCUT2D eigenvalue weighted by atomic mass is 31.3. The fourth-order valence-corrected chi connectivity index (χ4v) is 8.66. The number of rotatable bonds is 13. The molecule has 2 aliphatic rings. The third-order valence-electron chi connectivity index (χ3n) is 5.57. The lowest BCUT2D eigenvalue weighted by Gasteiger charge is -2.39. The lowest BCUT2D eigenvalue weighted by Crippen LogP contribution is -2.58. The van der Waals surface area contributed by atoms with Crippen LogP contribution in [0.15, 0.2) is 21.9 Å². The first-order valence-electron chi connectivity index (χ1n) is 11.5. The monoisotopic (exact) mass is 726 g/mol. The Hall–Kier alpha value is -1.08. The van der Waals surface area contributed by atoms with Crippen molar-refractivity contribution >= 4 is 31.3 Å². The number of aliphatic hydroxyl groups excluding tert-OH is 6. The summed E-state index contributed by atoms with van der Waals surface area (Å²) in [5.41, 5.74) is -1.89. The molecular weight excluding hydrogens is 700 g/mol. The van der Waals surface area contributed by atoms with Gasteiger partial charge in [-0.3, -0.25) is 23.4 Å². The summed E-state index contributed by atoms with van der Waals surface area (Å²) in [6, 6.07) is 0.864. The van der Waals surface area contributed by atoms with Gasteiger partial charge in [-0.15, -0.1) is 0 Å². The molecule has 0 spiro atoms. The van der Waals surface area contributed by atoms with Gasteiger partial charge in [-0.2, -0.15) is 12.9 Å². The van der Waals surface area contributed by atoms with Crippen molar-refractivity contribution in [1.29, 1.82) is 0 Å². The molecule has 0 aliphatic carbocycles. The number of nitrogens with one attached hydrogen (secondary N) is 1. The van der Waals surface area contributed by atoms with Crippen LogP contribution in [0, 0.1) is 0 Å². The first-order valence-corrected chi connectivity index (χ1v) is 17.5. The van der Waals surface area contributed by atoms with Crippen LogP contribution in [-0.2, 0) is 49.7 Å². The second-order valence-corrected chi connectivity index (χ2v) is 15.0. The van der Waals surface area contributed by atoms with Crippen molar-refractivity contribution in [2.45, 2.75) is 55.2 Å². The van der Waals surface area contributed by atoms with Gasteiger partial charge in [0.1, 0.15) is 42.7 Å². The van der Waals surface area contributed by atoms with Crippen LogP contribution in [0.25, 0.3) is 0 Å². The summed E-state index contributed by atoms with van der Waals surface area (Å²) in [7, 11) is -24.3. The third kappa shape index (κ3) is 9.48. The maximum Gasteiger partial charge on any atom is 0.490 e. The number of aromatic nitrogens is 2. The molecular formula is C15H26N2O23P4. The molecule has 11 N–H and O–H groups in total. The summed E-state index contributed by atoms with van der Waals surface area (Å²) >= 11 is 0. The fourth-order valence-electron chi connectivity index (χ4n) is 3.64. The molecule has 3 heterocycles. The molecule has 0 bridgehead atoms. The number of phosphoric ester groups is 2. The molecule has 2 saturated heterocycles. The molecule has 13 atom stereocenters. The molecule has 3 rings (SSSR count). The van der Waals surface area contributed by atoms with Gasteiger partial charge in [0.2, 0.25) is 0 Å². The second kappa shape index (κ2) is 14.0. The Kier molecular flexibility index (Phi) is 11.9. The molecule has 1 aromatic heterocycles. The zero-order valence-corrected chi connectivity index (χ0v) is 24.9. The van der Waals surface area contributed by atoms with Gasteiger partial charge < -0.3 is 59.7 Å². The van der Waals surface area contributed by atoms with E-state index in [9.17, 15) is 73.0 Å². The van der Waals surface area contributed by atoms with Crippen LogP contribution in [0.5, 0.6) is 0 Å². The van der Waals surface area contributed by atoms with E-state index in [0.717, 1.165) is 12.3 Å². The van der Waals surface area contributed by atoms with Gasteiger partial charge in [-0.25, -0.2) is 23.1 Å². The number of phosphoric acid groups is 4. The zero-order valence-electron chi connectivity index (χ0n) is 21.3. The Morgan fingerprint density at radius 1 is 0.750 bits per heavy atom. The first kappa shape index (κ1) is 37.4. The Balaban J connectivity index is 1.59. The molecule has 1 aromatic rings. The standard InChI is InChI=1S/C15H26N2O23P4/c18-3-5-8(20)10(22)12(24)14(36-5)37-42(28,29)39-44(32,33)40-43(30,31)38-41(26,27)34-4-6-9(21)11(23)13(35-6)17-2-1-7(19)16-15(17)25/h1-2,5-6,8-14,18,20-24H,3-4H2,(H,26,27)(H,28,29)(H,30,31)(H,32,33)(H,16,19,25)/t5-,6-,8-,9-,10+,11-,12+,13-,14-/m1/s1. The van der Waals surface area contributed by atoms with Gasteiger partial charge in [-0.05, 0) is 0 Å². The Morgan fingerprint density at radius 2 is 1.30 bits per heavy atom. The number of aliphatic hydroxyl groups is 6. The van der Waals surface area contributed by atoms with E-state index < -0.39 is 111 Å². The van der Waals surface area contributed by atoms with Crippen molar-refractivity contribution in [2.24, 2.45) is 0 Å². The maximum absolute atomic E-state index is 12.2. The number of hydrogen-bond donors (Lipinski definition) is 11. The molecule has 0 radical (unpaired) electrons. The summed E-state index contributed by atoms with van der Waals surface area (Å²) < 4.78 is 78.7. The summed E-state index contributed by atoms with van der Waals surface area (Å²) in [6.45, 7) is -2.23. The van der Waals surface area contributed by atoms with E-state index >= 15 is 0 Å². The lowest BCUT2D eigenvalue weighted by atomic mass is 10.00. The van der Waals surface area contributed by atoms with Crippen molar-refractivity contribution in [1.82, 2.24) is 9.55 Å². The SMILES string of the molecule is O=c1ccn([C@@H]2O[C@H](COP(=O)(O)OP(=O)(O)OP(=O)(O)OP(=O)(O)O[C@H]3O[C@H](CO)[C@@H](O)[C@H](O)[C@@H]3O)[C@@H](O)[C@H]2O)c(=O)[nH]1. The summed E-state index contributed by atoms with van der Waals surface area (Å²) in [5, 5.41) is 58.5. The summed E-state index contributed by atoms with van der Waals surface area (Å²) in [5.74, 6) is 0. The van der Waals surface area contributed by atoms with Crippen LogP contribution in [0.3, 0.4) is 0 Å². The van der Waals surface area contributed by atoms with E-state index in [1.165, 1.54) is 0 Å². The smallest absolute Gasteiger partial charge is 0.394 e. The normalized spacial score (nSPS) is 36.5. The van der Waals surface area contributed by atoms with E-state index in [2.05, 4.69) is 22.0 Å². The number of H-pyrrole nitrogens is 1. The molecule has 0 aromatic carbocycles. The minimum absolute atomic E-state index is 0.639. The van der Waals surface area contributed by atoms with Crippen LogP contribution in [0.1, 0.15) is 6.23 Å². The average molecular weight is 726 g/mol. The highest BCUT2D eigenvalue weighted by Gasteiger charge is 2.51. The van der Waals surface area contributed by atoms with Crippen LogP contribution in [0.2, 0.25) is 0 Å². The quantitative estimate of drug-likeness (QED) is 0.0852. The van der Waals surface area contributed by atoms with Crippen molar-refractivity contribution in [3.63, 3.8) is 0 Å². The molecule has 0 amide bonds. The highest BCUT2D eigenvalue weighted by Crippen LogP contribution is 2.71. The van der Waals surface area contributed by atoms with Crippen LogP contribution in [0.4, 0.5) is 0 Å². The van der Waals surface area contributed by atoms with E-state index in [1.54, 1.807) is 0 Å². The minimum Gasteiger partial charge on any atom is -0.394 e. The number of ether oxygens (including phenoxy) is 2. The molecule has 2 aliphatic heterocycles. The van der Waals surface area contributed by atoms with E-state index in [0.29, 0.717) is 4.57 Å². The fraction of sp³-hybridized carbons (Fsp3) is 0.733. The van der Waals surface area contributed by atoms with Crippen molar-refractivity contribution in [3.05, 3.63) is 33.1 Å². The van der Waals surface area contributed by atoms with Gasteiger partial charge in [0.15, 0.2) is 12.5 Å². The highest BCUT2D eigenvalue weighted by molar-refractivity contribution is 7.69. The van der Waals surface area contributed by atoms with E-state index in [4.69, 9.17) is 14.6 Å². The Labute approximate surface area is 242 Å². The molecule has 25 nitrogen and oxygen atoms in total. The van der Waals surface area contributed by atoms with Crippen LogP contribution in [-0.4, -0.2) is 122 Å². The van der Waals surface area contributed by atoms with Gasteiger partial charge in [0, 0.05) is 12.3 Å². The van der Waals surface area contributed by atoms with Gasteiger partial charge >= 0.3 is 37.0 Å². The number of hydrogen-bond acceptors (Lipinski definition) is 19. The molecule has 44 heavy (non-hydrogen) atoms. The minimum atomic E-state index is -6.28. The van der Waals surface area contributed by atoms with E-state index in [-0.39, 0.29) is 0 Å². The second-order valence-electron chi connectivity index (χ2n) is 8.78. The third-order valence-corrected chi connectivity index (χ3v) is 11.5. The van der Waals surface area contributed by atoms with Crippen molar-refractivity contribution in [3.8, 4) is 0 Å². The summed E-state index contributed by atoms with van der Waals surface area (Å²) in [6.07, 6.45) is -16.8. The van der Waals surface area contributed by atoms with Gasteiger partial charge in [0.05, 0.1) is 13.2 Å². The maximum atomic E-state index is 12.2. The molecule has 254 valence electrons. The topological polar surface area (TPSA) is 390 Å². The molecule has 4 unspecified atom stereocenters. The molecule has 0 saturated carbocycles. The molecule has 2 fully saturated rings. The van der Waals surface area contributed by atoms with Gasteiger partial charge in [0.25, 0.3) is 5.56 Å². The lowest BCUT2D eigenvalue weighted by molar-refractivity contribution is -0.280. The van der Waals surface area contributed by atoms with Crippen molar-refractivity contribution in [2.75, 3.05) is 13.2 Å². The zero-order chi connectivity index (χ0) is 33.4. The number of nitrogens with zero attached hydrogens (tertiary/aromatic N) is 1. The van der Waals surface area contributed by atoms with Crippen LogP contribution < -0.4 is 11.2 Å². The van der Waals surface area contributed by atoms with E-state index in [1.807, 2.05) is 4.98 Å². The Morgan fingerprint density at radius 3 is 1.86 bits per heavy atom. The largest absolute Gasteiger partial charge is 0.490 e. The summed E-state index contributed by atoms with van der Waals surface area (Å²) in [4.78, 5) is 63.7. The Bertz CT molecular complexity index is 1480. The average Bonchev–Trinajstić information content (AvgIpc) is 3.14. The predicted molar refractivity (Wildman–Crippen MR) is 131 cm³/mol. The van der Waals surface area contributed by atoms with Gasteiger partial charge in [-0.1, -0.05) is 0 Å².